The summed E-state index contributed by atoms with van der Waals surface area (Å²) in [6, 6.07) is 1.40. The fourth-order valence-corrected chi connectivity index (χ4v) is 2.38. The van der Waals surface area contributed by atoms with Gasteiger partial charge in [-0.15, -0.1) is 0 Å². The van der Waals surface area contributed by atoms with Crippen LogP contribution < -0.4 is 5.32 Å². The molecule has 1 rings (SSSR count). The first kappa shape index (κ1) is 13.9. The van der Waals surface area contributed by atoms with Crippen LogP contribution in [0.3, 0.4) is 0 Å². The third-order valence-electron chi connectivity index (χ3n) is 3.31. The van der Waals surface area contributed by atoms with E-state index in [0.717, 1.165) is 6.04 Å². The maximum absolute atomic E-state index is 3.56. The molecule has 0 aromatic carbocycles. The van der Waals surface area contributed by atoms with E-state index < -0.39 is 0 Å². The normalized spacial score (nSPS) is 22.5. The standard InChI is InChI=1S/C13H29N3/c1-12(2)14-11-13-7-5-9-16(13)10-6-8-15(3)4/h12-14H,5-11H2,1-4H3. The molecule has 16 heavy (non-hydrogen) atoms. The Kier molecular flexibility index (Phi) is 6.32. The van der Waals surface area contributed by atoms with Crippen molar-refractivity contribution in [1.82, 2.24) is 15.1 Å². The predicted octanol–water partition coefficient (Wildman–Crippen LogP) is 1.40. The van der Waals surface area contributed by atoms with Crippen molar-refractivity contribution < 1.29 is 0 Å². The Morgan fingerprint density at radius 3 is 2.75 bits per heavy atom. The van der Waals surface area contributed by atoms with E-state index in [-0.39, 0.29) is 0 Å². The number of likely N-dealkylation sites (tertiary alicyclic amines) is 1. The molecule has 0 bridgehead atoms. The second kappa shape index (κ2) is 7.25. The van der Waals surface area contributed by atoms with E-state index in [4.69, 9.17) is 0 Å². The lowest BCUT2D eigenvalue weighted by Gasteiger charge is -2.26. The van der Waals surface area contributed by atoms with E-state index in [2.05, 4.69) is 43.1 Å². The highest BCUT2D eigenvalue weighted by molar-refractivity contribution is 4.81. The lowest BCUT2D eigenvalue weighted by molar-refractivity contribution is 0.230. The van der Waals surface area contributed by atoms with Crippen LogP contribution in [0.25, 0.3) is 0 Å². The van der Waals surface area contributed by atoms with Crippen molar-refractivity contribution in [2.24, 2.45) is 0 Å². The van der Waals surface area contributed by atoms with Gasteiger partial charge in [-0.25, -0.2) is 0 Å². The second-order valence-corrected chi connectivity index (χ2v) is 5.55. The summed E-state index contributed by atoms with van der Waals surface area (Å²) >= 11 is 0. The number of nitrogens with zero attached hydrogens (tertiary/aromatic N) is 2. The van der Waals surface area contributed by atoms with Crippen molar-refractivity contribution in [3.8, 4) is 0 Å². The first-order valence-corrected chi connectivity index (χ1v) is 6.71. The average Bonchev–Trinajstić information content (AvgIpc) is 2.62. The minimum atomic E-state index is 0.615. The highest BCUT2D eigenvalue weighted by atomic mass is 15.2. The fourth-order valence-electron chi connectivity index (χ4n) is 2.38. The van der Waals surface area contributed by atoms with Crippen molar-refractivity contribution in [3.05, 3.63) is 0 Å². The zero-order valence-electron chi connectivity index (χ0n) is 11.5. The summed E-state index contributed by atoms with van der Waals surface area (Å²) in [6.45, 7) is 9.40. The van der Waals surface area contributed by atoms with Crippen molar-refractivity contribution in [3.63, 3.8) is 0 Å². The van der Waals surface area contributed by atoms with Gasteiger partial charge in [-0.1, -0.05) is 13.8 Å². The first-order valence-electron chi connectivity index (χ1n) is 6.71. The quantitative estimate of drug-likeness (QED) is 0.709. The van der Waals surface area contributed by atoms with Gasteiger partial charge >= 0.3 is 0 Å². The molecule has 0 radical (unpaired) electrons. The van der Waals surface area contributed by atoms with Crippen LogP contribution in [0.4, 0.5) is 0 Å². The Morgan fingerprint density at radius 2 is 2.12 bits per heavy atom. The number of hydrogen-bond acceptors (Lipinski definition) is 3. The largest absolute Gasteiger partial charge is 0.313 e. The molecule has 0 aromatic rings. The van der Waals surface area contributed by atoms with Crippen LogP contribution >= 0.6 is 0 Å². The van der Waals surface area contributed by atoms with E-state index in [1.54, 1.807) is 0 Å². The molecule has 1 saturated heterocycles. The molecule has 0 amide bonds. The molecule has 0 aliphatic carbocycles. The third kappa shape index (κ3) is 5.28. The third-order valence-corrected chi connectivity index (χ3v) is 3.31. The topological polar surface area (TPSA) is 18.5 Å². The summed E-state index contributed by atoms with van der Waals surface area (Å²) in [5.41, 5.74) is 0. The van der Waals surface area contributed by atoms with E-state index in [0.29, 0.717) is 6.04 Å². The summed E-state index contributed by atoms with van der Waals surface area (Å²) in [4.78, 5) is 4.94. The average molecular weight is 227 g/mol. The Balaban J connectivity index is 2.18. The van der Waals surface area contributed by atoms with Crippen LogP contribution in [0, 0.1) is 0 Å². The maximum Gasteiger partial charge on any atom is 0.0221 e. The van der Waals surface area contributed by atoms with E-state index in [1.165, 1.54) is 45.4 Å². The van der Waals surface area contributed by atoms with Crippen molar-refractivity contribution >= 4 is 0 Å². The summed E-state index contributed by atoms with van der Waals surface area (Å²) in [5.74, 6) is 0. The zero-order valence-corrected chi connectivity index (χ0v) is 11.5. The number of hydrogen-bond donors (Lipinski definition) is 1. The molecule has 3 heteroatoms. The number of nitrogens with one attached hydrogen (secondary N) is 1. The van der Waals surface area contributed by atoms with Gasteiger partial charge < -0.3 is 10.2 Å². The zero-order chi connectivity index (χ0) is 12.0. The Hall–Kier alpha value is -0.120. The van der Waals surface area contributed by atoms with E-state index in [1.807, 2.05) is 0 Å². The Bertz CT molecular complexity index is 180. The van der Waals surface area contributed by atoms with Crippen LogP contribution in [0.2, 0.25) is 0 Å². The van der Waals surface area contributed by atoms with Gasteiger partial charge in [-0.3, -0.25) is 4.90 Å². The SMILES string of the molecule is CC(C)NCC1CCCN1CCCN(C)C. The van der Waals surface area contributed by atoms with Crippen LogP contribution in [0.1, 0.15) is 33.1 Å². The van der Waals surface area contributed by atoms with Gasteiger partial charge in [-0.2, -0.15) is 0 Å². The van der Waals surface area contributed by atoms with Gasteiger partial charge in [0.05, 0.1) is 0 Å². The van der Waals surface area contributed by atoms with Crippen LogP contribution in [-0.2, 0) is 0 Å². The van der Waals surface area contributed by atoms with Crippen LogP contribution in [-0.4, -0.2) is 62.2 Å². The van der Waals surface area contributed by atoms with Gasteiger partial charge in [0.15, 0.2) is 0 Å². The van der Waals surface area contributed by atoms with Gasteiger partial charge in [-0.05, 0) is 53.0 Å². The minimum absolute atomic E-state index is 0.615. The molecule has 3 nitrogen and oxygen atoms in total. The lowest BCUT2D eigenvalue weighted by atomic mass is 10.2. The minimum Gasteiger partial charge on any atom is -0.313 e. The van der Waals surface area contributed by atoms with Gasteiger partial charge in [0.25, 0.3) is 0 Å². The van der Waals surface area contributed by atoms with Crippen molar-refractivity contribution in [2.75, 3.05) is 40.3 Å². The molecule has 96 valence electrons. The molecular formula is C13H29N3. The van der Waals surface area contributed by atoms with Crippen LogP contribution in [0.15, 0.2) is 0 Å². The van der Waals surface area contributed by atoms with Crippen molar-refractivity contribution in [2.45, 2.75) is 45.2 Å². The molecule has 1 atom stereocenters. The predicted molar refractivity (Wildman–Crippen MR) is 70.9 cm³/mol. The van der Waals surface area contributed by atoms with E-state index >= 15 is 0 Å². The smallest absolute Gasteiger partial charge is 0.0221 e. The number of rotatable bonds is 7. The molecule has 1 fully saturated rings. The van der Waals surface area contributed by atoms with Gasteiger partial charge in [0, 0.05) is 18.6 Å². The Morgan fingerprint density at radius 1 is 1.38 bits per heavy atom. The molecule has 0 aromatic heterocycles. The van der Waals surface area contributed by atoms with Crippen molar-refractivity contribution in [1.29, 1.82) is 0 Å². The van der Waals surface area contributed by atoms with E-state index in [9.17, 15) is 0 Å². The lowest BCUT2D eigenvalue weighted by Crippen LogP contribution is -2.41. The molecule has 0 spiro atoms. The Labute approximate surface area is 101 Å². The highest BCUT2D eigenvalue weighted by Crippen LogP contribution is 2.16. The fraction of sp³-hybridized carbons (Fsp3) is 1.00. The molecule has 0 saturated carbocycles. The maximum atomic E-state index is 3.56. The molecular weight excluding hydrogens is 198 g/mol. The molecule has 1 unspecified atom stereocenters. The monoisotopic (exact) mass is 227 g/mol. The summed E-state index contributed by atoms with van der Waals surface area (Å²) in [5, 5.41) is 3.56. The first-order chi connectivity index (χ1) is 7.59. The summed E-state index contributed by atoms with van der Waals surface area (Å²) in [6.07, 6.45) is 4.05. The van der Waals surface area contributed by atoms with Gasteiger partial charge in [0.1, 0.15) is 0 Å². The molecule has 1 aliphatic rings. The molecule has 1 aliphatic heterocycles. The highest BCUT2D eigenvalue weighted by Gasteiger charge is 2.23. The molecule has 1 heterocycles. The van der Waals surface area contributed by atoms with Gasteiger partial charge in [0.2, 0.25) is 0 Å². The second-order valence-electron chi connectivity index (χ2n) is 5.55. The summed E-state index contributed by atoms with van der Waals surface area (Å²) in [7, 11) is 4.31. The molecule has 1 N–H and O–H groups in total. The van der Waals surface area contributed by atoms with Crippen LogP contribution in [0.5, 0.6) is 0 Å². The summed E-state index contributed by atoms with van der Waals surface area (Å²) < 4.78 is 0.